The molecule has 1 aromatic heterocycles. The van der Waals surface area contributed by atoms with Crippen molar-refractivity contribution in [3.8, 4) is 5.88 Å². The van der Waals surface area contributed by atoms with Crippen LogP contribution < -0.4 is 4.74 Å². The first-order valence-electron chi connectivity index (χ1n) is 5.92. The van der Waals surface area contributed by atoms with E-state index in [-0.39, 0.29) is 0 Å². The van der Waals surface area contributed by atoms with Gasteiger partial charge in [0.05, 0.1) is 7.11 Å². The maximum absolute atomic E-state index is 5.21. The van der Waals surface area contributed by atoms with E-state index in [0.717, 1.165) is 11.4 Å². The van der Waals surface area contributed by atoms with Crippen molar-refractivity contribution in [3.63, 3.8) is 0 Å². The molecule has 0 atom stereocenters. The van der Waals surface area contributed by atoms with Crippen molar-refractivity contribution < 1.29 is 4.74 Å². The second-order valence-electron chi connectivity index (χ2n) is 3.85. The summed E-state index contributed by atoms with van der Waals surface area (Å²) in [5, 5.41) is 0. The first kappa shape index (κ1) is 13.4. The molecule has 0 N–H and O–H groups in total. The fraction of sp³-hybridized carbons (Fsp3) is 0.615. The van der Waals surface area contributed by atoms with Crippen LogP contribution in [0.25, 0.3) is 0 Å². The predicted octanol–water partition coefficient (Wildman–Crippen LogP) is 4.07. The molecule has 0 radical (unpaired) electrons. The maximum Gasteiger partial charge on any atom is 0.217 e. The highest BCUT2D eigenvalue weighted by molar-refractivity contribution is 7.99. The molecule has 1 rings (SSSR count). The van der Waals surface area contributed by atoms with Crippen LogP contribution in [0, 0.1) is 6.92 Å². The minimum atomic E-state index is 0.749. The lowest BCUT2D eigenvalue weighted by Gasteiger charge is -2.08. The lowest BCUT2D eigenvalue weighted by molar-refractivity contribution is 0.393. The van der Waals surface area contributed by atoms with Gasteiger partial charge in [-0.05, 0) is 25.2 Å². The van der Waals surface area contributed by atoms with E-state index in [4.69, 9.17) is 4.74 Å². The highest BCUT2D eigenvalue weighted by Gasteiger charge is 2.05. The van der Waals surface area contributed by atoms with Crippen molar-refractivity contribution in [2.24, 2.45) is 0 Å². The summed E-state index contributed by atoms with van der Waals surface area (Å²) in [7, 11) is 1.67. The summed E-state index contributed by atoms with van der Waals surface area (Å²) in [5.41, 5.74) is 1.16. The second-order valence-corrected chi connectivity index (χ2v) is 4.99. The molecule has 0 bridgehead atoms. The van der Waals surface area contributed by atoms with Crippen LogP contribution >= 0.6 is 11.8 Å². The molecule has 90 valence electrons. The van der Waals surface area contributed by atoms with Gasteiger partial charge in [0.1, 0.15) is 0 Å². The third-order valence-electron chi connectivity index (χ3n) is 2.56. The Hall–Kier alpha value is -0.700. The third kappa shape index (κ3) is 4.05. The quantitative estimate of drug-likeness (QED) is 0.529. The second kappa shape index (κ2) is 7.55. The van der Waals surface area contributed by atoms with Crippen molar-refractivity contribution in [2.75, 3.05) is 12.9 Å². The van der Waals surface area contributed by atoms with E-state index in [1.807, 2.05) is 18.0 Å². The van der Waals surface area contributed by atoms with E-state index in [2.05, 4.69) is 24.9 Å². The Kier molecular flexibility index (Phi) is 6.31. The van der Waals surface area contributed by atoms with Gasteiger partial charge in [-0.15, -0.1) is 11.8 Å². The average Bonchev–Trinajstić information content (AvgIpc) is 2.31. The first-order valence-corrected chi connectivity index (χ1v) is 6.90. The van der Waals surface area contributed by atoms with Crippen LogP contribution in [-0.4, -0.2) is 17.8 Å². The molecule has 0 spiro atoms. The van der Waals surface area contributed by atoms with Gasteiger partial charge in [-0.2, -0.15) is 0 Å². The minimum absolute atomic E-state index is 0.749. The predicted molar refractivity (Wildman–Crippen MR) is 70.4 cm³/mol. The zero-order valence-electron chi connectivity index (χ0n) is 10.5. The Morgan fingerprint density at radius 2 is 2.12 bits per heavy atom. The standard InChI is InChI=1S/C13H21NOS/c1-4-5-6-7-10-16-12-8-9-14-13(15-3)11(12)2/h8-9H,4-7,10H2,1-3H3. The fourth-order valence-corrected chi connectivity index (χ4v) is 2.60. The van der Waals surface area contributed by atoms with Crippen LogP contribution in [0.5, 0.6) is 5.88 Å². The Bertz CT molecular complexity index is 315. The molecular formula is C13H21NOS. The molecule has 1 aromatic rings. The monoisotopic (exact) mass is 239 g/mol. The first-order chi connectivity index (χ1) is 7.79. The van der Waals surface area contributed by atoms with Crippen LogP contribution in [0.4, 0.5) is 0 Å². The molecule has 0 saturated heterocycles. The summed E-state index contributed by atoms with van der Waals surface area (Å²) in [6.45, 7) is 4.31. The van der Waals surface area contributed by atoms with E-state index in [0.29, 0.717) is 0 Å². The average molecular weight is 239 g/mol. The number of ether oxygens (including phenoxy) is 1. The van der Waals surface area contributed by atoms with Crippen LogP contribution in [0.15, 0.2) is 17.2 Å². The van der Waals surface area contributed by atoms with Gasteiger partial charge in [-0.1, -0.05) is 26.2 Å². The number of aromatic nitrogens is 1. The number of thioether (sulfide) groups is 1. The summed E-state index contributed by atoms with van der Waals surface area (Å²) in [5.74, 6) is 1.94. The number of nitrogens with zero attached hydrogens (tertiary/aromatic N) is 1. The van der Waals surface area contributed by atoms with Crippen molar-refractivity contribution in [3.05, 3.63) is 17.8 Å². The van der Waals surface area contributed by atoms with E-state index < -0.39 is 0 Å². The minimum Gasteiger partial charge on any atom is -0.481 e. The number of pyridine rings is 1. The van der Waals surface area contributed by atoms with Crippen LogP contribution in [0.1, 0.15) is 38.2 Å². The molecule has 0 aliphatic carbocycles. The van der Waals surface area contributed by atoms with Crippen molar-refractivity contribution in [1.82, 2.24) is 4.98 Å². The fourth-order valence-electron chi connectivity index (χ4n) is 1.57. The maximum atomic E-state index is 5.21. The Morgan fingerprint density at radius 3 is 2.81 bits per heavy atom. The molecule has 0 aromatic carbocycles. The van der Waals surface area contributed by atoms with Gasteiger partial charge in [0.25, 0.3) is 0 Å². The summed E-state index contributed by atoms with van der Waals surface area (Å²) in [4.78, 5) is 5.47. The molecule has 1 heterocycles. The number of methoxy groups -OCH3 is 1. The SMILES string of the molecule is CCCCCCSc1ccnc(OC)c1C. The molecule has 0 fully saturated rings. The lowest BCUT2D eigenvalue weighted by atomic mass is 10.2. The van der Waals surface area contributed by atoms with Crippen molar-refractivity contribution >= 4 is 11.8 Å². The highest BCUT2D eigenvalue weighted by Crippen LogP contribution is 2.27. The Balaban J connectivity index is 2.41. The molecule has 0 aliphatic heterocycles. The van der Waals surface area contributed by atoms with E-state index in [9.17, 15) is 0 Å². The zero-order chi connectivity index (χ0) is 11.8. The van der Waals surface area contributed by atoms with Gasteiger partial charge < -0.3 is 4.74 Å². The smallest absolute Gasteiger partial charge is 0.217 e. The summed E-state index contributed by atoms with van der Waals surface area (Å²) >= 11 is 1.91. The lowest BCUT2D eigenvalue weighted by Crippen LogP contribution is -1.93. The third-order valence-corrected chi connectivity index (χ3v) is 3.80. The van der Waals surface area contributed by atoms with Crippen LogP contribution in [-0.2, 0) is 0 Å². The van der Waals surface area contributed by atoms with E-state index in [1.54, 1.807) is 7.11 Å². The molecule has 0 aliphatic rings. The van der Waals surface area contributed by atoms with Gasteiger partial charge in [-0.3, -0.25) is 0 Å². The molecule has 0 amide bonds. The largest absolute Gasteiger partial charge is 0.481 e. The molecule has 0 saturated carbocycles. The zero-order valence-corrected chi connectivity index (χ0v) is 11.3. The Morgan fingerprint density at radius 1 is 1.31 bits per heavy atom. The number of unbranched alkanes of at least 4 members (excludes halogenated alkanes) is 3. The molecule has 0 unspecified atom stereocenters. The number of hydrogen-bond donors (Lipinski definition) is 0. The van der Waals surface area contributed by atoms with Crippen molar-refractivity contribution in [2.45, 2.75) is 44.4 Å². The summed E-state index contributed by atoms with van der Waals surface area (Å²) in [6.07, 6.45) is 7.10. The molecule has 16 heavy (non-hydrogen) atoms. The Labute approximate surface area is 103 Å². The molecule has 2 nitrogen and oxygen atoms in total. The summed E-state index contributed by atoms with van der Waals surface area (Å²) < 4.78 is 5.21. The van der Waals surface area contributed by atoms with Gasteiger partial charge >= 0.3 is 0 Å². The van der Waals surface area contributed by atoms with Gasteiger partial charge in [0, 0.05) is 16.7 Å². The van der Waals surface area contributed by atoms with Gasteiger partial charge in [-0.25, -0.2) is 4.98 Å². The van der Waals surface area contributed by atoms with Gasteiger partial charge in [0.2, 0.25) is 5.88 Å². The number of rotatable bonds is 7. The topological polar surface area (TPSA) is 22.1 Å². The van der Waals surface area contributed by atoms with Crippen LogP contribution in [0.2, 0.25) is 0 Å². The highest BCUT2D eigenvalue weighted by atomic mass is 32.2. The molecule has 3 heteroatoms. The van der Waals surface area contributed by atoms with E-state index in [1.165, 1.54) is 36.3 Å². The molecular weight excluding hydrogens is 218 g/mol. The summed E-state index contributed by atoms with van der Waals surface area (Å²) in [6, 6.07) is 2.07. The normalized spacial score (nSPS) is 10.4. The van der Waals surface area contributed by atoms with Gasteiger partial charge in [0.15, 0.2) is 0 Å². The number of hydrogen-bond acceptors (Lipinski definition) is 3. The van der Waals surface area contributed by atoms with E-state index >= 15 is 0 Å². The van der Waals surface area contributed by atoms with Crippen LogP contribution in [0.3, 0.4) is 0 Å². The van der Waals surface area contributed by atoms with Crippen molar-refractivity contribution in [1.29, 1.82) is 0 Å².